The Bertz CT molecular complexity index is 853. The van der Waals surface area contributed by atoms with Gasteiger partial charge >= 0.3 is 0 Å². The highest BCUT2D eigenvalue weighted by Gasteiger charge is 2.18. The van der Waals surface area contributed by atoms with Crippen LogP contribution in [0.25, 0.3) is 5.69 Å². The molecule has 1 atom stereocenters. The number of carbonyl (C=O) groups is 2. The molecule has 0 spiro atoms. The lowest BCUT2D eigenvalue weighted by Crippen LogP contribution is -2.42. The molecule has 1 heterocycles. The Morgan fingerprint density at radius 2 is 1.92 bits per heavy atom. The molecule has 136 valence electrons. The summed E-state index contributed by atoms with van der Waals surface area (Å²) in [4.78, 5) is 24.4. The number of aryl methyl sites for hydroxylation is 1. The average Bonchev–Trinajstić information content (AvgIpc) is 3.22. The van der Waals surface area contributed by atoms with Crippen LogP contribution in [-0.4, -0.2) is 16.4 Å². The van der Waals surface area contributed by atoms with E-state index in [0.29, 0.717) is 12.0 Å². The van der Waals surface area contributed by atoms with E-state index < -0.39 is 0 Å². The lowest BCUT2D eigenvalue weighted by molar-refractivity contribution is -0.122. The first-order chi connectivity index (χ1) is 12.5. The van der Waals surface area contributed by atoms with Crippen molar-refractivity contribution in [2.75, 3.05) is 0 Å². The number of hydrazine groups is 1. The molecule has 2 amide bonds. The van der Waals surface area contributed by atoms with Crippen LogP contribution in [0.15, 0.2) is 42.5 Å². The van der Waals surface area contributed by atoms with Crippen LogP contribution in [0, 0.1) is 25.6 Å². The molecule has 0 radical (unpaired) electrons. The second-order valence-electron chi connectivity index (χ2n) is 6.57. The topological polar surface area (TPSA) is 63.1 Å². The summed E-state index contributed by atoms with van der Waals surface area (Å²) >= 11 is 0. The van der Waals surface area contributed by atoms with E-state index >= 15 is 0 Å². The standard InChI is InChI=1S/C20H22FN3O2/c1-13-11-18(14(2)24(13)17-9-7-16(21)8-10-17)20(26)23-22-19(25)12-15-5-3-4-6-15/h3,5,7-11,15H,4,6,12H2,1-2H3,(H,22,25)(H,23,26). The molecule has 0 fully saturated rings. The number of halogens is 1. The van der Waals surface area contributed by atoms with Crippen LogP contribution in [0.1, 0.15) is 41.0 Å². The molecule has 1 aromatic heterocycles. The lowest BCUT2D eigenvalue weighted by Gasteiger charge is -2.11. The fourth-order valence-corrected chi connectivity index (χ4v) is 3.33. The molecule has 1 unspecified atom stereocenters. The summed E-state index contributed by atoms with van der Waals surface area (Å²) in [6.45, 7) is 3.69. The van der Waals surface area contributed by atoms with Crippen molar-refractivity contribution >= 4 is 11.8 Å². The van der Waals surface area contributed by atoms with Gasteiger partial charge in [0.1, 0.15) is 5.82 Å². The molecule has 0 saturated carbocycles. The van der Waals surface area contributed by atoms with Gasteiger partial charge < -0.3 is 4.57 Å². The monoisotopic (exact) mass is 355 g/mol. The molecule has 0 bridgehead atoms. The summed E-state index contributed by atoms with van der Waals surface area (Å²) < 4.78 is 15.0. The third-order valence-corrected chi connectivity index (χ3v) is 4.64. The van der Waals surface area contributed by atoms with Gasteiger partial charge in [0.15, 0.2) is 0 Å². The summed E-state index contributed by atoms with van der Waals surface area (Å²) in [5, 5.41) is 0. The zero-order chi connectivity index (χ0) is 18.7. The third kappa shape index (κ3) is 3.85. The number of allylic oxidation sites excluding steroid dienone is 2. The van der Waals surface area contributed by atoms with E-state index in [-0.39, 0.29) is 23.5 Å². The molecule has 1 aromatic carbocycles. The normalized spacial score (nSPS) is 15.9. The van der Waals surface area contributed by atoms with Crippen LogP contribution >= 0.6 is 0 Å². The molecular formula is C20H22FN3O2. The minimum Gasteiger partial charge on any atom is -0.318 e. The van der Waals surface area contributed by atoms with Crippen molar-refractivity contribution in [2.45, 2.75) is 33.1 Å². The van der Waals surface area contributed by atoms with Crippen molar-refractivity contribution in [2.24, 2.45) is 5.92 Å². The Labute approximate surface area is 151 Å². The Kier molecular flexibility index (Phi) is 5.21. The Morgan fingerprint density at radius 1 is 1.19 bits per heavy atom. The number of carbonyl (C=O) groups excluding carboxylic acids is 2. The van der Waals surface area contributed by atoms with Crippen molar-refractivity contribution in [3.63, 3.8) is 0 Å². The summed E-state index contributed by atoms with van der Waals surface area (Å²) in [5.74, 6) is -0.645. The first kappa shape index (κ1) is 17.9. The molecular weight excluding hydrogens is 333 g/mol. The number of amides is 2. The largest absolute Gasteiger partial charge is 0.318 e. The van der Waals surface area contributed by atoms with Gasteiger partial charge in [0.05, 0.1) is 5.56 Å². The van der Waals surface area contributed by atoms with Gasteiger partial charge in [-0.05, 0) is 62.9 Å². The van der Waals surface area contributed by atoms with Gasteiger partial charge in [0, 0.05) is 23.5 Å². The Balaban J connectivity index is 1.68. The average molecular weight is 355 g/mol. The van der Waals surface area contributed by atoms with Crippen molar-refractivity contribution in [3.8, 4) is 5.69 Å². The van der Waals surface area contributed by atoms with Gasteiger partial charge in [-0.1, -0.05) is 12.2 Å². The van der Waals surface area contributed by atoms with Crippen molar-refractivity contribution in [3.05, 3.63) is 65.3 Å². The number of benzene rings is 1. The number of aromatic nitrogens is 1. The van der Waals surface area contributed by atoms with E-state index in [1.54, 1.807) is 18.2 Å². The first-order valence-electron chi connectivity index (χ1n) is 8.66. The highest BCUT2D eigenvalue weighted by molar-refractivity contribution is 5.97. The SMILES string of the molecule is Cc1cc(C(=O)NNC(=O)CC2C=CCC2)c(C)n1-c1ccc(F)cc1. The van der Waals surface area contributed by atoms with Crippen molar-refractivity contribution in [1.29, 1.82) is 0 Å². The molecule has 1 aliphatic rings. The summed E-state index contributed by atoms with van der Waals surface area (Å²) in [5.41, 5.74) is 7.77. The number of hydrogen-bond donors (Lipinski definition) is 2. The maximum atomic E-state index is 13.1. The predicted octanol–water partition coefficient (Wildman–Crippen LogP) is 3.35. The Morgan fingerprint density at radius 3 is 2.58 bits per heavy atom. The van der Waals surface area contributed by atoms with E-state index in [4.69, 9.17) is 0 Å². The van der Waals surface area contributed by atoms with Gasteiger partial charge in [-0.25, -0.2) is 4.39 Å². The van der Waals surface area contributed by atoms with E-state index in [1.165, 1.54) is 12.1 Å². The van der Waals surface area contributed by atoms with E-state index in [1.807, 2.05) is 24.5 Å². The maximum absolute atomic E-state index is 13.1. The zero-order valence-corrected chi connectivity index (χ0v) is 14.9. The molecule has 3 rings (SSSR count). The summed E-state index contributed by atoms with van der Waals surface area (Å²) in [7, 11) is 0. The van der Waals surface area contributed by atoms with Gasteiger partial charge in [-0.2, -0.15) is 0 Å². The van der Waals surface area contributed by atoms with Gasteiger partial charge in [0.25, 0.3) is 5.91 Å². The summed E-state index contributed by atoms with van der Waals surface area (Å²) in [6, 6.07) is 7.83. The van der Waals surface area contributed by atoms with E-state index in [9.17, 15) is 14.0 Å². The highest BCUT2D eigenvalue weighted by Crippen LogP contribution is 2.21. The third-order valence-electron chi connectivity index (χ3n) is 4.64. The number of hydrogen-bond acceptors (Lipinski definition) is 2. The number of nitrogens with one attached hydrogen (secondary N) is 2. The second kappa shape index (κ2) is 7.56. The zero-order valence-electron chi connectivity index (χ0n) is 14.9. The fourth-order valence-electron chi connectivity index (χ4n) is 3.33. The molecule has 26 heavy (non-hydrogen) atoms. The first-order valence-corrected chi connectivity index (χ1v) is 8.66. The predicted molar refractivity (Wildman–Crippen MR) is 97.3 cm³/mol. The number of nitrogens with zero attached hydrogens (tertiary/aromatic N) is 1. The van der Waals surface area contributed by atoms with Crippen LogP contribution in [0.5, 0.6) is 0 Å². The Hall–Kier alpha value is -2.89. The molecule has 0 aliphatic heterocycles. The molecule has 1 aliphatic carbocycles. The van der Waals surface area contributed by atoms with Crippen LogP contribution in [-0.2, 0) is 4.79 Å². The van der Waals surface area contributed by atoms with Crippen LogP contribution < -0.4 is 10.9 Å². The second-order valence-corrected chi connectivity index (χ2v) is 6.57. The fraction of sp³-hybridized carbons (Fsp3) is 0.300. The number of rotatable bonds is 4. The molecule has 0 saturated heterocycles. The van der Waals surface area contributed by atoms with E-state index in [0.717, 1.165) is 29.9 Å². The molecule has 5 nitrogen and oxygen atoms in total. The van der Waals surface area contributed by atoms with Crippen LogP contribution in [0.2, 0.25) is 0 Å². The lowest BCUT2D eigenvalue weighted by atomic mass is 10.1. The van der Waals surface area contributed by atoms with E-state index in [2.05, 4.69) is 16.9 Å². The van der Waals surface area contributed by atoms with Gasteiger partial charge in [0.2, 0.25) is 5.91 Å². The molecule has 2 aromatic rings. The highest BCUT2D eigenvalue weighted by atomic mass is 19.1. The minimum absolute atomic E-state index is 0.206. The maximum Gasteiger partial charge on any atom is 0.271 e. The van der Waals surface area contributed by atoms with Gasteiger partial charge in [-0.15, -0.1) is 0 Å². The van der Waals surface area contributed by atoms with Crippen molar-refractivity contribution < 1.29 is 14.0 Å². The van der Waals surface area contributed by atoms with Crippen molar-refractivity contribution in [1.82, 2.24) is 15.4 Å². The van der Waals surface area contributed by atoms with Crippen LogP contribution in [0.3, 0.4) is 0 Å². The minimum atomic E-state index is -0.373. The van der Waals surface area contributed by atoms with Crippen LogP contribution in [0.4, 0.5) is 4.39 Å². The smallest absolute Gasteiger partial charge is 0.271 e. The quantitative estimate of drug-likeness (QED) is 0.653. The van der Waals surface area contributed by atoms with Gasteiger partial charge in [-0.3, -0.25) is 20.4 Å². The molecule has 6 heteroatoms. The summed E-state index contributed by atoms with van der Waals surface area (Å²) in [6.07, 6.45) is 6.45. The molecule has 2 N–H and O–H groups in total.